The lowest BCUT2D eigenvalue weighted by atomic mass is 10.0. The number of carbonyl (C=O) groups is 1. The van der Waals surface area contributed by atoms with Gasteiger partial charge in [0.2, 0.25) is 0 Å². The number of carbonyl (C=O) groups excluding carboxylic acids is 1. The van der Waals surface area contributed by atoms with Gasteiger partial charge in [0, 0.05) is 51.3 Å². The summed E-state index contributed by atoms with van der Waals surface area (Å²) in [6.45, 7) is 6.01. The molecular weight excluding hydrogens is 240 g/mol. The SMILES string of the molecule is CCn1cc(CC(=O)CC2CN(C)CCN2C)cn1. The van der Waals surface area contributed by atoms with E-state index in [1.54, 1.807) is 6.20 Å². The van der Waals surface area contributed by atoms with Crippen LogP contribution in [-0.4, -0.2) is 65.1 Å². The van der Waals surface area contributed by atoms with Crippen molar-refractivity contribution in [1.29, 1.82) is 0 Å². The number of hydrogen-bond donors (Lipinski definition) is 0. The zero-order valence-corrected chi connectivity index (χ0v) is 12.2. The Morgan fingerprint density at radius 3 is 2.89 bits per heavy atom. The molecule has 0 spiro atoms. The van der Waals surface area contributed by atoms with Crippen molar-refractivity contribution in [3.63, 3.8) is 0 Å². The molecule has 0 N–H and O–H groups in total. The van der Waals surface area contributed by atoms with Crippen LogP contribution in [0.25, 0.3) is 0 Å². The van der Waals surface area contributed by atoms with Crippen LogP contribution in [0.1, 0.15) is 18.9 Å². The molecule has 0 aliphatic carbocycles. The van der Waals surface area contributed by atoms with Crippen LogP contribution < -0.4 is 0 Å². The van der Waals surface area contributed by atoms with E-state index in [1.165, 1.54) is 0 Å². The Balaban J connectivity index is 1.86. The van der Waals surface area contributed by atoms with Gasteiger partial charge in [0.25, 0.3) is 0 Å². The maximum absolute atomic E-state index is 12.1. The number of piperazine rings is 1. The van der Waals surface area contributed by atoms with Crippen LogP contribution in [-0.2, 0) is 17.8 Å². The van der Waals surface area contributed by atoms with Gasteiger partial charge in [0.1, 0.15) is 5.78 Å². The largest absolute Gasteiger partial charge is 0.304 e. The summed E-state index contributed by atoms with van der Waals surface area (Å²) in [7, 11) is 4.23. The van der Waals surface area contributed by atoms with Crippen molar-refractivity contribution in [3.05, 3.63) is 18.0 Å². The maximum atomic E-state index is 12.1. The van der Waals surface area contributed by atoms with E-state index in [0.717, 1.165) is 31.7 Å². The first-order valence-corrected chi connectivity index (χ1v) is 7.00. The van der Waals surface area contributed by atoms with Crippen molar-refractivity contribution in [3.8, 4) is 0 Å². The van der Waals surface area contributed by atoms with Crippen LogP contribution in [0, 0.1) is 0 Å². The van der Waals surface area contributed by atoms with Gasteiger partial charge < -0.3 is 9.80 Å². The second kappa shape index (κ2) is 6.30. The predicted molar refractivity (Wildman–Crippen MR) is 75.1 cm³/mol. The topological polar surface area (TPSA) is 41.4 Å². The molecular formula is C14H24N4O. The highest BCUT2D eigenvalue weighted by molar-refractivity contribution is 5.81. The molecule has 5 heteroatoms. The first-order chi connectivity index (χ1) is 9.08. The summed E-state index contributed by atoms with van der Waals surface area (Å²) in [5, 5.41) is 4.21. The van der Waals surface area contributed by atoms with Crippen molar-refractivity contribution in [2.24, 2.45) is 0 Å². The van der Waals surface area contributed by atoms with Gasteiger partial charge in [-0.05, 0) is 26.6 Å². The van der Waals surface area contributed by atoms with Gasteiger partial charge in [-0.25, -0.2) is 0 Å². The van der Waals surface area contributed by atoms with Crippen molar-refractivity contribution in [2.45, 2.75) is 32.4 Å². The summed E-state index contributed by atoms with van der Waals surface area (Å²) in [6.07, 6.45) is 4.92. The van der Waals surface area contributed by atoms with Gasteiger partial charge in [-0.15, -0.1) is 0 Å². The van der Waals surface area contributed by atoms with Crippen LogP contribution >= 0.6 is 0 Å². The molecule has 2 heterocycles. The zero-order valence-electron chi connectivity index (χ0n) is 12.2. The van der Waals surface area contributed by atoms with E-state index in [-0.39, 0.29) is 0 Å². The molecule has 5 nitrogen and oxygen atoms in total. The molecule has 1 aromatic rings. The Labute approximate surface area is 115 Å². The Hall–Kier alpha value is -1.20. The van der Waals surface area contributed by atoms with Crippen LogP contribution in [0.5, 0.6) is 0 Å². The van der Waals surface area contributed by atoms with Crippen molar-refractivity contribution in [2.75, 3.05) is 33.7 Å². The number of hydrogen-bond acceptors (Lipinski definition) is 4. The number of ketones is 1. The standard InChI is InChI=1S/C14H24N4O/c1-4-18-10-12(9-15-18)7-14(19)8-13-11-16(2)5-6-17(13)3/h9-10,13H,4-8,11H2,1-3H3. The lowest BCUT2D eigenvalue weighted by Crippen LogP contribution is -2.50. The highest BCUT2D eigenvalue weighted by Crippen LogP contribution is 2.12. The minimum atomic E-state index is 0.308. The molecule has 1 aromatic heterocycles. The fourth-order valence-corrected chi connectivity index (χ4v) is 2.56. The zero-order chi connectivity index (χ0) is 13.8. The van der Waals surface area contributed by atoms with Crippen LogP contribution in [0.15, 0.2) is 12.4 Å². The molecule has 1 fully saturated rings. The molecule has 0 radical (unpaired) electrons. The number of likely N-dealkylation sites (N-methyl/N-ethyl adjacent to an activating group) is 2. The van der Waals surface area contributed by atoms with E-state index >= 15 is 0 Å². The Bertz CT molecular complexity index is 429. The van der Waals surface area contributed by atoms with Crippen LogP contribution in [0.4, 0.5) is 0 Å². The second-order valence-corrected chi connectivity index (χ2v) is 5.52. The molecule has 0 aromatic carbocycles. The van der Waals surface area contributed by atoms with Crippen LogP contribution in [0.2, 0.25) is 0 Å². The Morgan fingerprint density at radius 1 is 1.42 bits per heavy atom. The molecule has 2 rings (SSSR count). The van der Waals surface area contributed by atoms with Gasteiger partial charge in [-0.1, -0.05) is 0 Å². The molecule has 106 valence electrons. The number of nitrogens with zero attached hydrogens (tertiary/aromatic N) is 4. The van der Waals surface area contributed by atoms with Crippen molar-refractivity contribution in [1.82, 2.24) is 19.6 Å². The monoisotopic (exact) mass is 264 g/mol. The summed E-state index contributed by atoms with van der Waals surface area (Å²) < 4.78 is 1.86. The quantitative estimate of drug-likeness (QED) is 0.783. The van der Waals surface area contributed by atoms with E-state index in [9.17, 15) is 4.79 Å². The second-order valence-electron chi connectivity index (χ2n) is 5.52. The lowest BCUT2D eigenvalue weighted by Gasteiger charge is -2.37. The first kappa shape index (κ1) is 14.2. The van der Waals surface area contributed by atoms with Gasteiger partial charge in [-0.3, -0.25) is 9.48 Å². The van der Waals surface area contributed by atoms with Crippen molar-refractivity contribution >= 4 is 5.78 Å². The molecule has 1 atom stereocenters. The van der Waals surface area contributed by atoms with E-state index in [0.29, 0.717) is 24.7 Å². The van der Waals surface area contributed by atoms with Crippen molar-refractivity contribution < 1.29 is 4.79 Å². The maximum Gasteiger partial charge on any atom is 0.138 e. The van der Waals surface area contributed by atoms with Gasteiger partial charge in [0.05, 0.1) is 6.20 Å². The highest BCUT2D eigenvalue weighted by Gasteiger charge is 2.24. The Kier molecular flexibility index (Phi) is 4.71. The summed E-state index contributed by atoms with van der Waals surface area (Å²) in [5.41, 5.74) is 1.03. The molecule has 1 unspecified atom stereocenters. The average molecular weight is 264 g/mol. The minimum Gasteiger partial charge on any atom is -0.304 e. The number of aryl methyl sites for hydroxylation is 1. The summed E-state index contributed by atoms with van der Waals surface area (Å²) >= 11 is 0. The smallest absolute Gasteiger partial charge is 0.138 e. The van der Waals surface area contributed by atoms with Gasteiger partial charge in [0.15, 0.2) is 0 Å². The highest BCUT2D eigenvalue weighted by atomic mass is 16.1. The normalized spacial score (nSPS) is 21.7. The molecule has 1 aliphatic rings. The molecule has 0 saturated carbocycles. The molecule has 0 bridgehead atoms. The van der Waals surface area contributed by atoms with E-state index in [4.69, 9.17) is 0 Å². The molecule has 0 amide bonds. The summed E-state index contributed by atoms with van der Waals surface area (Å²) in [4.78, 5) is 16.7. The fraction of sp³-hybridized carbons (Fsp3) is 0.714. The number of Topliss-reactive ketones (excluding diaryl/α,β-unsaturated/α-hetero) is 1. The van der Waals surface area contributed by atoms with Gasteiger partial charge in [-0.2, -0.15) is 5.10 Å². The third-order valence-electron chi connectivity index (χ3n) is 3.86. The lowest BCUT2D eigenvalue weighted by molar-refractivity contribution is -0.120. The Morgan fingerprint density at radius 2 is 2.21 bits per heavy atom. The third kappa shape index (κ3) is 3.88. The summed E-state index contributed by atoms with van der Waals surface area (Å²) in [5.74, 6) is 0.308. The first-order valence-electron chi connectivity index (χ1n) is 7.00. The van der Waals surface area contributed by atoms with Crippen LogP contribution in [0.3, 0.4) is 0 Å². The minimum absolute atomic E-state index is 0.308. The summed E-state index contributed by atoms with van der Waals surface area (Å²) in [6, 6.07) is 0.354. The molecule has 19 heavy (non-hydrogen) atoms. The number of aromatic nitrogens is 2. The fourth-order valence-electron chi connectivity index (χ4n) is 2.56. The average Bonchev–Trinajstić information content (AvgIpc) is 2.81. The van der Waals surface area contributed by atoms with Gasteiger partial charge >= 0.3 is 0 Å². The van der Waals surface area contributed by atoms with E-state index in [1.807, 2.05) is 17.8 Å². The van der Waals surface area contributed by atoms with E-state index < -0.39 is 0 Å². The molecule has 1 saturated heterocycles. The third-order valence-corrected chi connectivity index (χ3v) is 3.86. The predicted octanol–water partition coefficient (Wildman–Crippen LogP) is 0.651. The number of rotatable bonds is 5. The van der Waals surface area contributed by atoms with E-state index in [2.05, 4.69) is 29.0 Å². The molecule has 1 aliphatic heterocycles.